The Hall–Kier alpha value is -1.59. The Morgan fingerprint density at radius 2 is 1.69 bits per heavy atom. The van der Waals surface area contributed by atoms with E-state index in [9.17, 15) is 4.79 Å². The summed E-state index contributed by atoms with van der Waals surface area (Å²) in [5.74, 6) is -1.27. The number of carboxylic acid groups (broad SMARTS) is 1. The van der Waals surface area contributed by atoms with Gasteiger partial charge in [-0.1, -0.05) is 12.1 Å². The maximum Gasteiger partial charge on any atom is 0.337 e. The van der Waals surface area contributed by atoms with Gasteiger partial charge in [0.2, 0.25) is 0 Å². The minimum atomic E-state index is -1.52. The molecule has 0 radical (unpaired) electrons. The van der Waals surface area contributed by atoms with E-state index in [1.165, 1.54) is 24.3 Å². The number of carboxylic acids is 1. The van der Waals surface area contributed by atoms with Gasteiger partial charge in [-0.25, -0.2) is 4.79 Å². The summed E-state index contributed by atoms with van der Waals surface area (Å²) in [5.41, 5.74) is 0.250. The normalized spacial score (nSPS) is 11.5. The summed E-state index contributed by atoms with van der Waals surface area (Å²) >= 11 is 0. The quantitative estimate of drug-likeness (QED) is 0.588. The summed E-state index contributed by atoms with van der Waals surface area (Å²) < 4.78 is 0. The highest BCUT2D eigenvalue weighted by Gasteiger charge is 2.14. The maximum atomic E-state index is 10.3. The molecule has 1 aromatic rings. The van der Waals surface area contributed by atoms with E-state index in [-0.39, 0.29) is 16.8 Å². The lowest BCUT2D eigenvalue weighted by Gasteiger charge is -2.04. The van der Waals surface area contributed by atoms with Crippen LogP contribution in [0.1, 0.15) is 11.7 Å². The van der Waals surface area contributed by atoms with Crippen molar-refractivity contribution in [3.8, 4) is 5.75 Å². The molecule has 1 atom stereocenters. The zero-order valence-corrected chi connectivity index (χ0v) is 6.64. The Bertz CT molecular complexity index is 279. The summed E-state index contributed by atoms with van der Waals surface area (Å²) in [6.07, 6.45) is -1.52. The van der Waals surface area contributed by atoms with E-state index in [4.69, 9.17) is 15.3 Å². The van der Waals surface area contributed by atoms with Gasteiger partial charge in [-0.3, -0.25) is 0 Å². The summed E-state index contributed by atoms with van der Waals surface area (Å²) in [6.45, 7) is 0. The number of aromatic hydroxyl groups is 1. The Morgan fingerprint density at radius 3 is 2.08 bits per heavy atom. The van der Waals surface area contributed by atoms with Crippen LogP contribution in [0.4, 0.5) is 0 Å². The number of aliphatic carboxylic acids is 1. The van der Waals surface area contributed by atoms with Crippen LogP contribution in [0.5, 0.6) is 5.75 Å². The van der Waals surface area contributed by atoms with Gasteiger partial charge in [0, 0.05) is 0 Å². The second-order valence-corrected chi connectivity index (χ2v) is 2.33. The predicted molar refractivity (Wildman–Crippen MR) is 44.3 cm³/mol. The molecule has 0 unspecified atom stereocenters. The van der Waals surface area contributed by atoms with Crippen molar-refractivity contribution in [2.45, 2.75) is 6.10 Å². The Morgan fingerprint density at radius 1 is 1.23 bits per heavy atom. The van der Waals surface area contributed by atoms with Crippen molar-refractivity contribution < 1.29 is 25.6 Å². The van der Waals surface area contributed by atoms with Crippen LogP contribution in [0, 0.1) is 0 Å². The van der Waals surface area contributed by atoms with E-state index in [1.807, 2.05) is 0 Å². The van der Waals surface area contributed by atoms with Crippen LogP contribution in [0.3, 0.4) is 0 Å². The molecule has 0 fully saturated rings. The van der Waals surface area contributed by atoms with Gasteiger partial charge in [-0.2, -0.15) is 0 Å². The van der Waals surface area contributed by atoms with E-state index in [1.54, 1.807) is 0 Å². The number of phenols is 1. The summed E-state index contributed by atoms with van der Waals surface area (Å²) in [6, 6.07) is 5.35. The van der Waals surface area contributed by atoms with E-state index in [0.29, 0.717) is 0 Å². The van der Waals surface area contributed by atoms with Gasteiger partial charge in [0.1, 0.15) is 5.75 Å². The Labute approximate surface area is 74.2 Å². The third-order valence-electron chi connectivity index (χ3n) is 1.44. The summed E-state index contributed by atoms with van der Waals surface area (Å²) in [4.78, 5) is 10.3. The standard InChI is InChI=1S/C8H8O4.H2O/c9-6-3-1-5(2-4-6)7(10)8(11)12;/h1-4,7,9-10H,(H,11,12);1H2/t7-;/m1./s1. The first-order valence-electron chi connectivity index (χ1n) is 3.31. The van der Waals surface area contributed by atoms with Gasteiger partial charge in [-0.15, -0.1) is 0 Å². The van der Waals surface area contributed by atoms with Crippen LogP contribution in [0.15, 0.2) is 24.3 Å². The molecule has 0 aliphatic carbocycles. The lowest BCUT2D eigenvalue weighted by Crippen LogP contribution is -2.09. The fourth-order valence-corrected chi connectivity index (χ4v) is 0.799. The molecule has 0 spiro atoms. The fraction of sp³-hybridized carbons (Fsp3) is 0.125. The average molecular weight is 186 g/mol. The van der Waals surface area contributed by atoms with Gasteiger partial charge >= 0.3 is 5.97 Å². The minimum absolute atomic E-state index is 0. The second kappa shape index (κ2) is 4.44. The summed E-state index contributed by atoms with van der Waals surface area (Å²) in [5, 5.41) is 26.2. The number of benzene rings is 1. The zero-order chi connectivity index (χ0) is 9.14. The Kier molecular flexibility index (Phi) is 3.90. The van der Waals surface area contributed by atoms with Crippen LogP contribution in [-0.2, 0) is 4.79 Å². The first-order valence-corrected chi connectivity index (χ1v) is 3.31. The van der Waals surface area contributed by atoms with E-state index in [2.05, 4.69) is 0 Å². The highest BCUT2D eigenvalue weighted by atomic mass is 16.4. The number of aliphatic hydroxyl groups is 1. The number of phenolic OH excluding ortho intramolecular Hbond substituents is 1. The molecule has 1 rings (SSSR count). The van der Waals surface area contributed by atoms with Crippen LogP contribution in [0.25, 0.3) is 0 Å². The van der Waals surface area contributed by atoms with Crippen molar-refractivity contribution in [2.24, 2.45) is 0 Å². The van der Waals surface area contributed by atoms with Crippen molar-refractivity contribution in [3.05, 3.63) is 29.8 Å². The van der Waals surface area contributed by atoms with Crippen molar-refractivity contribution in [2.75, 3.05) is 0 Å². The van der Waals surface area contributed by atoms with Gasteiger partial charge in [0.25, 0.3) is 0 Å². The molecule has 1 aromatic carbocycles. The first-order chi connectivity index (χ1) is 5.61. The SMILES string of the molecule is O.O=C(O)[C@H](O)c1ccc(O)cc1. The Balaban J connectivity index is 0.00000144. The second-order valence-electron chi connectivity index (χ2n) is 2.33. The molecule has 0 amide bonds. The lowest BCUT2D eigenvalue weighted by molar-refractivity contribution is -0.146. The molecule has 0 bridgehead atoms. The van der Waals surface area contributed by atoms with Gasteiger partial charge in [-0.05, 0) is 17.7 Å². The lowest BCUT2D eigenvalue weighted by atomic mass is 10.1. The average Bonchev–Trinajstić information content (AvgIpc) is 2.04. The van der Waals surface area contributed by atoms with Gasteiger partial charge in [0.15, 0.2) is 6.10 Å². The van der Waals surface area contributed by atoms with Crippen LogP contribution >= 0.6 is 0 Å². The molecular formula is C8H10O5. The molecule has 72 valence electrons. The number of hydrogen-bond acceptors (Lipinski definition) is 3. The molecule has 0 aliphatic rings. The van der Waals surface area contributed by atoms with Crippen molar-refractivity contribution >= 4 is 5.97 Å². The molecule has 0 heterocycles. The fourth-order valence-electron chi connectivity index (χ4n) is 0.799. The third kappa shape index (κ3) is 2.73. The number of hydrogen-bond donors (Lipinski definition) is 3. The van der Waals surface area contributed by atoms with Crippen LogP contribution < -0.4 is 0 Å². The van der Waals surface area contributed by atoms with Gasteiger partial charge in [0.05, 0.1) is 0 Å². The van der Waals surface area contributed by atoms with Crippen molar-refractivity contribution in [1.82, 2.24) is 0 Å². The molecule has 5 nitrogen and oxygen atoms in total. The molecular weight excluding hydrogens is 176 g/mol. The molecule has 5 heteroatoms. The zero-order valence-electron chi connectivity index (χ0n) is 6.64. The number of carbonyl (C=O) groups is 1. The first kappa shape index (κ1) is 11.4. The monoisotopic (exact) mass is 186 g/mol. The molecule has 0 aliphatic heterocycles. The van der Waals surface area contributed by atoms with Gasteiger partial charge < -0.3 is 20.8 Å². The summed E-state index contributed by atoms with van der Waals surface area (Å²) in [7, 11) is 0. The number of rotatable bonds is 2. The molecule has 0 saturated carbocycles. The number of aliphatic hydroxyl groups excluding tert-OH is 1. The van der Waals surface area contributed by atoms with Crippen molar-refractivity contribution in [3.63, 3.8) is 0 Å². The topological polar surface area (TPSA) is 109 Å². The predicted octanol–water partition coefficient (Wildman–Crippen LogP) is -0.315. The van der Waals surface area contributed by atoms with Crippen LogP contribution in [0.2, 0.25) is 0 Å². The van der Waals surface area contributed by atoms with E-state index in [0.717, 1.165) is 0 Å². The minimum Gasteiger partial charge on any atom is -0.508 e. The highest BCUT2D eigenvalue weighted by Crippen LogP contribution is 2.16. The molecule has 0 saturated heterocycles. The molecule has 13 heavy (non-hydrogen) atoms. The smallest absolute Gasteiger partial charge is 0.337 e. The highest BCUT2D eigenvalue weighted by molar-refractivity contribution is 5.74. The molecule has 0 aromatic heterocycles. The van der Waals surface area contributed by atoms with E-state index < -0.39 is 12.1 Å². The van der Waals surface area contributed by atoms with Crippen LogP contribution in [-0.4, -0.2) is 26.8 Å². The maximum absolute atomic E-state index is 10.3. The largest absolute Gasteiger partial charge is 0.508 e. The molecule has 5 N–H and O–H groups in total. The van der Waals surface area contributed by atoms with E-state index >= 15 is 0 Å². The third-order valence-corrected chi connectivity index (χ3v) is 1.44. The van der Waals surface area contributed by atoms with Crippen molar-refractivity contribution in [1.29, 1.82) is 0 Å².